The minimum absolute atomic E-state index is 0.777. The van der Waals surface area contributed by atoms with E-state index in [0.717, 1.165) is 44.8 Å². The molecule has 0 radical (unpaired) electrons. The highest BCUT2D eigenvalue weighted by molar-refractivity contribution is 4.84. The second-order valence-electron chi connectivity index (χ2n) is 6.32. The van der Waals surface area contributed by atoms with Gasteiger partial charge in [0, 0.05) is 38.8 Å². The van der Waals surface area contributed by atoms with Crippen LogP contribution in [-0.2, 0) is 4.74 Å². The maximum Gasteiger partial charge on any atom is 0.0594 e. The van der Waals surface area contributed by atoms with Gasteiger partial charge in [-0.25, -0.2) is 0 Å². The monoisotopic (exact) mass is 269 g/mol. The summed E-state index contributed by atoms with van der Waals surface area (Å²) < 4.78 is 5.43. The SMILES string of the molecule is CC(C)CCNCCN1CCC(N2CCOCC2)C1. The molecule has 0 spiro atoms. The largest absolute Gasteiger partial charge is 0.379 e. The van der Waals surface area contributed by atoms with Crippen LogP contribution in [0.4, 0.5) is 0 Å². The first-order valence-corrected chi connectivity index (χ1v) is 8.00. The normalized spacial score (nSPS) is 26.4. The van der Waals surface area contributed by atoms with Crippen LogP contribution in [0.3, 0.4) is 0 Å². The average molecular weight is 269 g/mol. The molecule has 2 heterocycles. The van der Waals surface area contributed by atoms with Crippen LogP contribution in [0.15, 0.2) is 0 Å². The Kier molecular flexibility index (Phi) is 6.57. The number of nitrogens with zero attached hydrogens (tertiary/aromatic N) is 2. The Bertz CT molecular complexity index is 242. The lowest BCUT2D eigenvalue weighted by molar-refractivity contribution is 0.0185. The van der Waals surface area contributed by atoms with E-state index in [4.69, 9.17) is 4.74 Å². The van der Waals surface area contributed by atoms with Gasteiger partial charge < -0.3 is 15.0 Å². The van der Waals surface area contributed by atoms with Crippen LogP contribution in [0.2, 0.25) is 0 Å². The molecule has 2 saturated heterocycles. The van der Waals surface area contributed by atoms with E-state index in [1.54, 1.807) is 0 Å². The molecule has 1 atom stereocenters. The molecule has 19 heavy (non-hydrogen) atoms. The third-order valence-electron chi connectivity index (χ3n) is 4.31. The zero-order valence-corrected chi connectivity index (χ0v) is 12.7. The van der Waals surface area contributed by atoms with Crippen LogP contribution in [-0.4, -0.2) is 74.9 Å². The Morgan fingerprint density at radius 3 is 2.68 bits per heavy atom. The van der Waals surface area contributed by atoms with Crippen molar-refractivity contribution in [1.29, 1.82) is 0 Å². The molecule has 0 saturated carbocycles. The minimum atomic E-state index is 0.777. The van der Waals surface area contributed by atoms with E-state index in [1.807, 2.05) is 0 Å². The van der Waals surface area contributed by atoms with Crippen LogP contribution in [0.25, 0.3) is 0 Å². The summed E-state index contributed by atoms with van der Waals surface area (Å²) in [5.41, 5.74) is 0. The second kappa shape index (κ2) is 8.20. The van der Waals surface area contributed by atoms with E-state index in [9.17, 15) is 0 Å². The highest BCUT2D eigenvalue weighted by atomic mass is 16.5. The summed E-state index contributed by atoms with van der Waals surface area (Å²) in [6.07, 6.45) is 2.63. The maximum absolute atomic E-state index is 5.43. The van der Waals surface area contributed by atoms with Crippen molar-refractivity contribution in [3.63, 3.8) is 0 Å². The van der Waals surface area contributed by atoms with Gasteiger partial charge in [-0.15, -0.1) is 0 Å². The molecule has 1 N–H and O–H groups in total. The summed E-state index contributed by atoms with van der Waals surface area (Å²) in [5.74, 6) is 0.810. The first kappa shape index (κ1) is 15.2. The minimum Gasteiger partial charge on any atom is -0.379 e. The quantitative estimate of drug-likeness (QED) is 0.699. The number of morpholine rings is 1. The molecule has 112 valence electrons. The van der Waals surface area contributed by atoms with Gasteiger partial charge in [0.15, 0.2) is 0 Å². The zero-order valence-electron chi connectivity index (χ0n) is 12.7. The molecule has 4 nitrogen and oxygen atoms in total. The van der Waals surface area contributed by atoms with Gasteiger partial charge in [0.25, 0.3) is 0 Å². The molecule has 2 rings (SSSR count). The lowest BCUT2D eigenvalue weighted by Gasteiger charge is -2.32. The number of rotatable bonds is 7. The molecule has 2 fully saturated rings. The zero-order chi connectivity index (χ0) is 13.5. The highest BCUT2D eigenvalue weighted by Crippen LogP contribution is 2.16. The fraction of sp³-hybridized carbons (Fsp3) is 1.00. The number of nitrogens with one attached hydrogen (secondary N) is 1. The lowest BCUT2D eigenvalue weighted by Crippen LogP contribution is -2.45. The fourth-order valence-corrected chi connectivity index (χ4v) is 3.01. The first-order chi connectivity index (χ1) is 9.25. The van der Waals surface area contributed by atoms with E-state index in [1.165, 1.54) is 39.0 Å². The Morgan fingerprint density at radius 1 is 1.16 bits per heavy atom. The van der Waals surface area contributed by atoms with Crippen molar-refractivity contribution >= 4 is 0 Å². The summed E-state index contributed by atoms with van der Waals surface area (Å²) in [5, 5.41) is 3.56. The van der Waals surface area contributed by atoms with Crippen molar-refractivity contribution in [1.82, 2.24) is 15.1 Å². The van der Waals surface area contributed by atoms with E-state index in [2.05, 4.69) is 29.0 Å². The summed E-state index contributed by atoms with van der Waals surface area (Å²) >= 11 is 0. The Balaban J connectivity index is 1.54. The lowest BCUT2D eigenvalue weighted by atomic mass is 10.1. The summed E-state index contributed by atoms with van der Waals surface area (Å²) in [4.78, 5) is 5.23. The topological polar surface area (TPSA) is 27.7 Å². The molecule has 0 aromatic heterocycles. The molecule has 0 aromatic rings. The van der Waals surface area contributed by atoms with E-state index < -0.39 is 0 Å². The molecule has 2 aliphatic rings. The van der Waals surface area contributed by atoms with Crippen molar-refractivity contribution in [3.8, 4) is 0 Å². The van der Waals surface area contributed by atoms with Crippen molar-refractivity contribution < 1.29 is 4.74 Å². The predicted octanol–water partition coefficient (Wildman–Crippen LogP) is 1.03. The number of likely N-dealkylation sites (tertiary alicyclic amines) is 1. The van der Waals surface area contributed by atoms with Crippen molar-refractivity contribution in [2.75, 3.05) is 59.0 Å². The summed E-state index contributed by atoms with van der Waals surface area (Å²) in [7, 11) is 0. The molecule has 1 unspecified atom stereocenters. The Labute approximate surface area is 118 Å². The van der Waals surface area contributed by atoms with Crippen LogP contribution < -0.4 is 5.32 Å². The highest BCUT2D eigenvalue weighted by Gasteiger charge is 2.28. The Morgan fingerprint density at radius 2 is 1.95 bits per heavy atom. The molecular weight excluding hydrogens is 238 g/mol. The van der Waals surface area contributed by atoms with Crippen LogP contribution in [0.1, 0.15) is 26.7 Å². The third kappa shape index (κ3) is 5.38. The fourth-order valence-electron chi connectivity index (χ4n) is 3.01. The van der Waals surface area contributed by atoms with Crippen molar-refractivity contribution in [2.45, 2.75) is 32.7 Å². The van der Waals surface area contributed by atoms with E-state index in [-0.39, 0.29) is 0 Å². The van der Waals surface area contributed by atoms with Gasteiger partial charge in [0.2, 0.25) is 0 Å². The van der Waals surface area contributed by atoms with E-state index >= 15 is 0 Å². The number of hydrogen-bond donors (Lipinski definition) is 1. The molecule has 4 heteroatoms. The van der Waals surface area contributed by atoms with Crippen LogP contribution in [0.5, 0.6) is 0 Å². The summed E-state index contributed by atoms with van der Waals surface area (Å²) in [6.45, 7) is 14.7. The van der Waals surface area contributed by atoms with Gasteiger partial charge in [0.05, 0.1) is 13.2 Å². The molecule has 0 aromatic carbocycles. The molecule has 2 aliphatic heterocycles. The third-order valence-corrected chi connectivity index (χ3v) is 4.31. The predicted molar refractivity (Wildman–Crippen MR) is 79.6 cm³/mol. The number of hydrogen-bond acceptors (Lipinski definition) is 4. The number of ether oxygens (including phenoxy) is 1. The van der Waals surface area contributed by atoms with E-state index in [0.29, 0.717) is 0 Å². The first-order valence-electron chi connectivity index (χ1n) is 8.00. The molecule has 0 amide bonds. The van der Waals surface area contributed by atoms with Gasteiger partial charge in [-0.1, -0.05) is 13.8 Å². The smallest absolute Gasteiger partial charge is 0.0594 e. The van der Waals surface area contributed by atoms with Gasteiger partial charge in [-0.2, -0.15) is 0 Å². The van der Waals surface area contributed by atoms with Gasteiger partial charge in [-0.05, 0) is 31.8 Å². The van der Waals surface area contributed by atoms with Gasteiger partial charge in [-0.3, -0.25) is 4.90 Å². The van der Waals surface area contributed by atoms with Crippen molar-refractivity contribution in [3.05, 3.63) is 0 Å². The molecule has 0 bridgehead atoms. The standard InChI is InChI=1S/C15H31N3O/c1-14(2)3-5-16-6-8-17-7-4-15(13-17)18-9-11-19-12-10-18/h14-16H,3-13H2,1-2H3. The average Bonchev–Trinajstić information content (AvgIpc) is 2.88. The summed E-state index contributed by atoms with van der Waals surface area (Å²) in [6, 6.07) is 0.777. The maximum atomic E-state index is 5.43. The van der Waals surface area contributed by atoms with Gasteiger partial charge in [0.1, 0.15) is 0 Å². The van der Waals surface area contributed by atoms with Crippen molar-refractivity contribution in [2.24, 2.45) is 5.92 Å². The molecule has 0 aliphatic carbocycles. The van der Waals surface area contributed by atoms with Crippen LogP contribution >= 0.6 is 0 Å². The van der Waals surface area contributed by atoms with Gasteiger partial charge >= 0.3 is 0 Å². The Hall–Kier alpha value is -0.160. The van der Waals surface area contributed by atoms with Crippen LogP contribution in [0, 0.1) is 5.92 Å². The second-order valence-corrected chi connectivity index (χ2v) is 6.32. The molecular formula is C15H31N3O.